The van der Waals surface area contributed by atoms with Gasteiger partial charge in [0.15, 0.2) is 0 Å². The van der Waals surface area contributed by atoms with Crippen molar-refractivity contribution in [2.45, 2.75) is 13.3 Å². The Morgan fingerprint density at radius 3 is 3.06 bits per heavy atom. The SMILES string of the molecule is CCc1ccsc1-c1nc2ccc(F)cc2[nH]1. The van der Waals surface area contributed by atoms with Crippen LogP contribution in [0.5, 0.6) is 0 Å². The molecule has 3 rings (SSSR count). The van der Waals surface area contributed by atoms with Crippen LogP contribution in [-0.4, -0.2) is 9.97 Å². The minimum absolute atomic E-state index is 0.241. The summed E-state index contributed by atoms with van der Waals surface area (Å²) in [5.41, 5.74) is 2.82. The quantitative estimate of drug-likeness (QED) is 0.727. The van der Waals surface area contributed by atoms with Gasteiger partial charge in [-0.15, -0.1) is 11.3 Å². The molecule has 0 amide bonds. The lowest BCUT2D eigenvalue weighted by molar-refractivity contribution is 0.629. The van der Waals surface area contributed by atoms with Gasteiger partial charge in [0, 0.05) is 0 Å². The van der Waals surface area contributed by atoms with Crippen LogP contribution in [0.1, 0.15) is 12.5 Å². The molecule has 0 aliphatic carbocycles. The van der Waals surface area contributed by atoms with E-state index in [1.165, 1.54) is 17.7 Å². The van der Waals surface area contributed by atoms with Crippen LogP contribution >= 0.6 is 11.3 Å². The van der Waals surface area contributed by atoms with Crippen LogP contribution in [0.2, 0.25) is 0 Å². The van der Waals surface area contributed by atoms with Crippen LogP contribution in [0.4, 0.5) is 4.39 Å². The number of benzene rings is 1. The fourth-order valence-electron chi connectivity index (χ4n) is 1.91. The Hall–Kier alpha value is -1.68. The molecule has 1 aromatic carbocycles. The molecule has 0 aliphatic heterocycles. The van der Waals surface area contributed by atoms with Crippen LogP contribution in [0, 0.1) is 5.82 Å². The van der Waals surface area contributed by atoms with Gasteiger partial charge in [0.05, 0.1) is 15.9 Å². The Morgan fingerprint density at radius 2 is 2.24 bits per heavy atom. The van der Waals surface area contributed by atoms with Crippen molar-refractivity contribution in [3.63, 3.8) is 0 Å². The summed E-state index contributed by atoms with van der Waals surface area (Å²) in [6.45, 7) is 2.12. The van der Waals surface area contributed by atoms with E-state index < -0.39 is 0 Å². The summed E-state index contributed by atoms with van der Waals surface area (Å²) in [7, 11) is 0. The number of hydrogen-bond acceptors (Lipinski definition) is 2. The highest BCUT2D eigenvalue weighted by Crippen LogP contribution is 2.29. The van der Waals surface area contributed by atoms with Gasteiger partial charge in [-0.05, 0) is 41.6 Å². The second-order valence-corrected chi connectivity index (χ2v) is 4.79. The van der Waals surface area contributed by atoms with Crippen molar-refractivity contribution in [3.05, 3.63) is 41.0 Å². The normalized spacial score (nSPS) is 11.2. The topological polar surface area (TPSA) is 28.7 Å². The summed E-state index contributed by atoms with van der Waals surface area (Å²) in [4.78, 5) is 8.81. The van der Waals surface area contributed by atoms with Crippen molar-refractivity contribution in [1.82, 2.24) is 9.97 Å². The standard InChI is InChI=1S/C13H11FN2S/c1-2-8-5-6-17-12(8)13-15-10-4-3-9(14)7-11(10)16-13/h3-7H,2H2,1H3,(H,15,16). The number of fused-ring (bicyclic) bond motifs is 1. The zero-order chi connectivity index (χ0) is 11.8. The molecule has 0 spiro atoms. The number of aromatic nitrogens is 2. The van der Waals surface area contributed by atoms with Gasteiger partial charge >= 0.3 is 0 Å². The number of imidazole rings is 1. The average molecular weight is 246 g/mol. The summed E-state index contributed by atoms with van der Waals surface area (Å²) >= 11 is 1.66. The summed E-state index contributed by atoms with van der Waals surface area (Å²) < 4.78 is 13.1. The van der Waals surface area contributed by atoms with E-state index in [1.807, 2.05) is 0 Å². The number of aryl methyl sites for hydroxylation is 1. The second kappa shape index (κ2) is 3.96. The van der Waals surface area contributed by atoms with Crippen molar-refractivity contribution >= 4 is 22.4 Å². The summed E-state index contributed by atoms with van der Waals surface area (Å²) in [5, 5.41) is 2.06. The van der Waals surface area contributed by atoms with Gasteiger partial charge in [0.2, 0.25) is 0 Å². The second-order valence-electron chi connectivity index (χ2n) is 3.88. The number of thiophene rings is 1. The lowest BCUT2D eigenvalue weighted by atomic mass is 10.2. The third kappa shape index (κ3) is 1.74. The maximum atomic E-state index is 13.1. The first-order chi connectivity index (χ1) is 8.28. The molecule has 0 fully saturated rings. The number of halogens is 1. The largest absolute Gasteiger partial charge is 0.337 e. The first-order valence-electron chi connectivity index (χ1n) is 5.50. The highest BCUT2D eigenvalue weighted by molar-refractivity contribution is 7.13. The predicted molar refractivity (Wildman–Crippen MR) is 68.7 cm³/mol. The number of rotatable bonds is 2. The van der Waals surface area contributed by atoms with Gasteiger partial charge < -0.3 is 4.98 Å². The van der Waals surface area contributed by atoms with E-state index in [0.29, 0.717) is 0 Å². The molecule has 0 saturated heterocycles. The first kappa shape index (κ1) is 10.5. The smallest absolute Gasteiger partial charge is 0.148 e. The lowest BCUT2D eigenvalue weighted by Crippen LogP contribution is -1.82. The molecule has 0 saturated carbocycles. The monoisotopic (exact) mass is 246 g/mol. The molecule has 3 aromatic rings. The molecule has 0 atom stereocenters. The van der Waals surface area contributed by atoms with E-state index in [4.69, 9.17) is 0 Å². The highest BCUT2D eigenvalue weighted by Gasteiger charge is 2.10. The van der Waals surface area contributed by atoms with Gasteiger partial charge in [0.1, 0.15) is 11.6 Å². The number of H-pyrrole nitrogens is 1. The summed E-state index contributed by atoms with van der Waals surface area (Å²) in [5.74, 6) is 0.590. The van der Waals surface area contributed by atoms with Crippen molar-refractivity contribution in [1.29, 1.82) is 0 Å². The van der Waals surface area contributed by atoms with E-state index in [1.54, 1.807) is 17.4 Å². The van der Waals surface area contributed by atoms with Gasteiger partial charge in [0.25, 0.3) is 0 Å². The Morgan fingerprint density at radius 1 is 1.35 bits per heavy atom. The number of hydrogen-bond donors (Lipinski definition) is 1. The van der Waals surface area contributed by atoms with Crippen LogP contribution in [0.25, 0.3) is 21.7 Å². The number of nitrogens with zero attached hydrogens (tertiary/aromatic N) is 1. The Kier molecular flexibility index (Phi) is 2.44. The van der Waals surface area contributed by atoms with E-state index in [9.17, 15) is 4.39 Å². The van der Waals surface area contributed by atoms with Gasteiger partial charge in [-0.3, -0.25) is 0 Å². The van der Waals surface area contributed by atoms with Crippen LogP contribution < -0.4 is 0 Å². The molecule has 2 nitrogen and oxygen atoms in total. The third-order valence-electron chi connectivity index (χ3n) is 2.79. The van der Waals surface area contributed by atoms with E-state index in [2.05, 4.69) is 28.3 Å². The fraction of sp³-hybridized carbons (Fsp3) is 0.154. The first-order valence-corrected chi connectivity index (χ1v) is 6.38. The zero-order valence-electron chi connectivity index (χ0n) is 9.33. The zero-order valence-corrected chi connectivity index (χ0v) is 10.1. The predicted octanol–water partition coefficient (Wildman–Crippen LogP) is 3.99. The molecule has 17 heavy (non-hydrogen) atoms. The summed E-state index contributed by atoms with van der Waals surface area (Å²) in [6, 6.07) is 6.71. The lowest BCUT2D eigenvalue weighted by Gasteiger charge is -1.95. The Labute approximate surface area is 102 Å². The summed E-state index contributed by atoms with van der Waals surface area (Å²) in [6.07, 6.45) is 0.976. The molecule has 86 valence electrons. The third-order valence-corrected chi connectivity index (χ3v) is 3.75. The van der Waals surface area contributed by atoms with Gasteiger partial charge in [-0.2, -0.15) is 0 Å². The minimum atomic E-state index is -0.241. The Balaban J connectivity index is 2.18. The van der Waals surface area contributed by atoms with Crippen molar-refractivity contribution in [2.75, 3.05) is 0 Å². The number of nitrogens with one attached hydrogen (secondary N) is 1. The maximum absolute atomic E-state index is 13.1. The molecule has 4 heteroatoms. The van der Waals surface area contributed by atoms with Gasteiger partial charge in [-0.25, -0.2) is 9.37 Å². The van der Waals surface area contributed by atoms with Crippen LogP contribution in [0.15, 0.2) is 29.6 Å². The molecule has 0 aliphatic rings. The van der Waals surface area contributed by atoms with Crippen molar-refractivity contribution in [3.8, 4) is 10.7 Å². The van der Waals surface area contributed by atoms with Crippen LogP contribution in [-0.2, 0) is 6.42 Å². The Bertz CT molecular complexity index is 669. The van der Waals surface area contributed by atoms with E-state index in [0.717, 1.165) is 28.2 Å². The average Bonchev–Trinajstić information content (AvgIpc) is 2.93. The molecule has 2 heterocycles. The number of aromatic amines is 1. The molecule has 0 radical (unpaired) electrons. The molecular formula is C13H11FN2S. The van der Waals surface area contributed by atoms with Crippen molar-refractivity contribution < 1.29 is 4.39 Å². The maximum Gasteiger partial charge on any atom is 0.148 e. The molecule has 1 N–H and O–H groups in total. The minimum Gasteiger partial charge on any atom is -0.337 e. The van der Waals surface area contributed by atoms with Gasteiger partial charge in [-0.1, -0.05) is 6.92 Å². The fourth-order valence-corrected chi connectivity index (χ4v) is 2.85. The molecule has 2 aromatic heterocycles. The molecule has 0 bridgehead atoms. The van der Waals surface area contributed by atoms with E-state index >= 15 is 0 Å². The van der Waals surface area contributed by atoms with E-state index in [-0.39, 0.29) is 5.82 Å². The molecule has 0 unspecified atom stereocenters. The highest BCUT2D eigenvalue weighted by atomic mass is 32.1. The van der Waals surface area contributed by atoms with Crippen LogP contribution in [0.3, 0.4) is 0 Å². The molecular weight excluding hydrogens is 235 g/mol. The van der Waals surface area contributed by atoms with Crippen molar-refractivity contribution in [2.24, 2.45) is 0 Å².